The minimum Gasteiger partial charge on any atom is -0.331 e. The first-order chi connectivity index (χ1) is 8.16. The van der Waals surface area contributed by atoms with Crippen LogP contribution in [0.1, 0.15) is 31.4 Å². The largest absolute Gasteiger partial charge is 0.331 e. The van der Waals surface area contributed by atoms with Gasteiger partial charge in [0.15, 0.2) is 0 Å². The van der Waals surface area contributed by atoms with E-state index in [4.69, 9.17) is 11.6 Å². The van der Waals surface area contributed by atoms with E-state index >= 15 is 0 Å². The highest BCUT2D eigenvalue weighted by Gasteiger charge is 2.19. The average Bonchev–Trinajstić information content (AvgIpc) is 2.83. The summed E-state index contributed by atoms with van der Waals surface area (Å²) in [5.74, 6) is 0. The van der Waals surface area contributed by atoms with Crippen LogP contribution in [0.3, 0.4) is 0 Å². The van der Waals surface area contributed by atoms with Gasteiger partial charge in [-0.3, -0.25) is 0 Å². The zero-order valence-electron chi connectivity index (χ0n) is 9.95. The molecule has 0 aliphatic carbocycles. The summed E-state index contributed by atoms with van der Waals surface area (Å²) in [5, 5.41) is 3.72. The molecule has 0 aromatic heterocycles. The fraction of sp³-hybridized carbons (Fsp3) is 0.462. The number of urea groups is 1. The molecule has 1 aliphatic rings. The smallest absolute Gasteiger partial charge is 0.317 e. The molecular weight excluding hydrogens is 236 g/mol. The topological polar surface area (TPSA) is 32.3 Å². The van der Waals surface area contributed by atoms with E-state index in [2.05, 4.69) is 5.32 Å². The van der Waals surface area contributed by atoms with Gasteiger partial charge in [-0.05, 0) is 37.5 Å². The highest BCUT2D eigenvalue weighted by Crippen LogP contribution is 2.17. The van der Waals surface area contributed by atoms with Gasteiger partial charge in [0, 0.05) is 18.1 Å². The molecule has 1 heterocycles. The second kappa shape index (κ2) is 5.41. The Morgan fingerprint density at radius 1 is 1.29 bits per heavy atom. The minimum atomic E-state index is 0.0142. The zero-order valence-corrected chi connectivity index (χ0v) is 10.7. The number of hydrogen-bond donors (Lipinski definition) is 1. The maximum Gasteiger partial charge on any atom is 0.317 e. The Bertz CT molecular complexity index is 385. The van der Waals surface area contributed by atoms with Crippen LogP contribution in [0.2, 0.25) is 5.02 Å². The minimum absolute atomic E-state index is 0.0142. The molecule has 1 aromatic carbocycles. The van der Waals surface area contributed by atoms with E-state index in [1.54, 1.807) is 0 Å². The molecule has 1 N–H and O–H groups in total. The number of carbonyl (C=O) groups is 1. The van der Waals surface area contributed by atoms with Crippen molar-refractivity contribution in [2.24, 2.45) is 0 Å². The molecule has 0 spiro atoms. The lowest BCUT2D eigenvalue weighted by molar-refractivity contribution is 0.205. The lowest BCUT2D eigenvalue weighted by Gasteiger charge is -2.20. The molecule has 0 bridgehead atoms. The molecule has 17 heavy (non-hydrogen) atoms. The standard InChI is InChI=1S/C13H17ClN2O/c1-10(11-4-6-12(14)7-5-11)15-13(17)16-8-2-3-9-16/h4-7,10H,2-3,8-9H2,1H3,(H,15,17). The summed E-state index contributed by atoms with van der Waals surface area (Å²) in [7, 11) is 0. The number of hydrogen-bond acceptors (Lipinski definition) is 1. The fourth-order valence-corrected chi connectivity index (χ4v) is 2.16. The Kier molecular flexibility index (Phi) is 3.89. The number of amides is 2. The first kappa shape index (κ1) is 12.2. The third kappa shape index (κ3) is 3.13. The second-order valence-electron chi connectivity index (χ2n) is 4.42. The predicted molar refractivity (Wildman–Crippen MR) is 69.2 cm³/mol. The summed E-state index contributed by atoms with van der Waals surface area (Å²) in [6, 6.07) is 7.62. The van der Waals surface area contributed by atoms with Crippen LogP contribution in [0.4, 0.5) is 4.79 Å². The van der Waals surface area contributed by atoms with Crippen molar-refractivity contribution in [3.8, 4) is 0 Å². The summed E-state index contributed by atoms with van der Waals surface area (Å²) in [6.07, 6.45) is 2.23. The predicted octanol–water partition coefficient (Wildman–Crippen LogP) is 3.21. The molecule has 92 valence electrons. The Morgan fingerprint density at radius 3 is 2.47 bits per heavy atom. The Hall–Kier alpha value is -1.22. The van der Waals surface area contributed by atoms with E-state index in [0.29, 0.717) is 5.02 Å². The van der Waals surface area contributed by atoms with E-state index in [1.807, 2.05) is 36.1 Å². The molecule has 3 nitrogen and oxygen atoms in total. The van der Waals surface area contributed by atoms with Crippen molar-refractivity contribution in [3.63, 3.8) is 0 Å². The maximum atomic E-state index is 11.9. The van der Waals surface area contributed by atoms with Gasteiger partial charge in [-0.2, -0.15) is 0 Å². The van der Waals surface area contributed by atoms with E-state index < -0.39 is 0 Å². The lowest BCUT2D eigenvalue weighted by Crippen LogP contribution is -2.39. The number of nitrogens with zero attached hydrogens (tertiary/aromatic N) is 1. The summed E-state index contributed by atoms with van der Waals surface area (Å²) >= 11 is 5.83. The molecule has 4 heteroatoms. The monoisotopic (exact) mass is 252 g/mol. The van der Waals surface area contributed by atoms with Gasteiger partial charge < -0.3 is 10.2 Å². The highest BCUT2D eigenvalue weighted by molar-refractivity contribution is 6.30. The first-order valence-corrected chi connectivity index (χ1v) is 6.35. The van der Waals surface area contributed by atoms with Gasteiger partial charge in [0.05, 0.1) is 6.04 Å². The molecule has 1 unspecified atom stereocenters. The zero-order chi connectivity index (χ0) is 12.3. The molecule has 2 rings (SSSR count). The molecular formula is C13H17ClN2O. The van der Waals surface area contributed by atoms with E-state index in [0.717, 1.165) is 31.5 Å². The van der Waals surface area contributed by atoms with Crippen LogP contribution >= 0.6 is 11.6 Å². The van der Waals surface area contributed by atoms with Crippen LogP contribution < -0.4 is 5.32 Å². The second-order valence-corrected chi connectivity index (χ2v) is 4.85. The number of likely N-dealkylation sites (tertiary alicyclic amines) is 1. The van der Waals surface area contributed by atoms with Gasteiger partial charge in [0.25, 0.3) is 0 Å². The van der Waals surface area contributed by atoms with Crippen molar-refractivity contribution in [2.45, 2.75) is 25.8 Å². The molecule has 0 radical (unpaired) electrons. The molecule has 1 saturated heterocycles. The van der Waals surface area contributed by atoms with E-state index in [-0.39, 0.29) is 12.1 Å². The van der Waals surface area contributed by atoms with Crippen molar-refractivity contribution in [1.29, 1.82) is 0 Å². The van der Waals surface area contributed by atoms with Gasteiger partial charge >= 0.3 is 6.03 Å². The van der Waals surface area contributed by atoms with E-state index in [1.165, 1.54) is 0 Å². The average molecular weight is 253 g/mol. The molecule has 1 atom stereocenters. The van der Waals surface area contributed by atoms with Crippen molar-refractivity contribution in [3.05, 3.63) is 34.9 Å². The molecule has 0 saturated carbocycles. The molecule has 1 fully saturated rings. The Morgan fingerprint density at radius 2 is 1.88 bits per heavy atom. The van der Waals surface area contributed by atoms with Crippen molar-refractivity contribution >= 4 is 17.6 Å². The summed E-state index contributed by atoms with van der Waals surface area (Å²) in [6.45, 7) is 3.73. The Labute approximate surface area is 107 Å². The molecule has 1 aromatic rings. The van der Waals surface area contributed by atoms with Crippen LogP contribution in [-0.4, -0.2) is 24.0 Å². The number of halogens is 1. The number of nitrogens with one attached hydrogen (secondary N) is 1. The third-order valence-electron chi connectivity index (χ3n) is 3.10. The number of rotatable bonds is 2. The summed E-state index contributed by atoms with van der Waals surface area (Å²) in [4.78, 5) is 13.8. The van der Waals surface area contributed by atoms with Crippen LogP contribution in [0, 0.1) is 0 Å². The van der Waals surface area contributed by atoms with Crippen LogP contribution in [0.15, 0.2) is 24.3 Å². The Balaban J connectivity index is 1.93. The van der Waals surface area contributed by atoms with Gasteiger partial charge in [0.2, 0.25) is 0 Å². The lowest BCUT2D eigenvalue weighted by atomic mass is 10.1. The summed E-state index contributed by atoms with van der Waals surface area (Å²) < 4.78 is 0. The molecule has 2 amide bonds. The quantitative estimate of drug-likeness (QED) is 0.861. The summed E-state index contributed by atoms with van der Waals surface area (Å²) in [5.41, 5.74) is 1.07. The number of benzene rings is 1. The SMILES string of the molecule is CC(NC(=O)N1CCCC1)c1ccc(Cl)cc1. The van der Waals surface area contributed by atoms with Gasteiger partial charge in [-0.15, -0.1) is 0 Å². The van der Waals surface area contributed by atoms with E-state index in [9.17, 15) is 4.79 Å². The van der Waals surface area contributed by atoms with Gasteiger partial charge in [-0.1, -0.05) is 23.7 Å². The van der Waals surface area contributed by atoms with Crippen molar-refractivity contribution in [1.82, 2.24) is 10.2 Å². The molecule has 1 aliphatic heterocycles. The van der Waals surface area contributed by atoms with Crippen molar-refractivity contribution < 1.29 is 4.79 Å². The number of carbonyl (C=O) groups excluding carboxylic acids is 1. The first-order valence-electron chi connectivity index (χ1n) is 5.98. The van der Waals surface area contributed by atoms with Crippen LogP contribution in [0.5, 0.6) is 0 Å². The maximum absolute atomic E-state index is 11.9. The van der Waals surface area contributed by atoms with Gasteiger partial charge in [-0.25, -0.2) is 4.79 Å². The van der Waals surface area contributed by atoms with Crippen LogP contribution in [-0.2, 0) is 0 Å². The van der Waals surface area contributed by atoms with Crippen molar-refractivity contribution in [2.75, 3.05) is 13.1 Å². The third-order valence-corrected chi connectivity index (χ3v) is 3.36. The highest BCUT2D eigenvalue weighted by atomic mass is 35.5. The van der Waals surface area contributed by atoms with Crippen LogP contribution in [0.25, 0.3) is 0 Å². The van der Waals surface area contributed by atoms with Gasteiger partial charge in [0.1, 0.15) is 0 Å². The normalized spacial score (nSPS) is 16.9. The fourth-order valence-electron chi connectivity index (χ4n) is 2.03.